The highest BCUT2D eigenvalue weighted by molar-refractivity contribution is 7.89. The highest BCUT2D eigenvalue weighted by atomic mass is 32.2. The van der Waals surface area contributed by atoms with Crippen LogP contribution in [0.3, 0.4) is 0 Å². The number of hydrogen-bond acceptors (Lipinski definition) is 6. The van der Waals surface area contributed by atoms with Gasteiger partial charge in [0.25, 0.3) is 0 Å². The third kappa shape index (κ3) is 3.85. The summed E-state index contributed by atoms with van der Waals surface area (Å²) in [7, 11) is -2.38. The molecule has 1 aromatic rings. The Kier molecular flexibility index (Phi) is 5.04. The predicted molar refractivity (Wildman–Crippen MR) is 77.7 cm³/mol. The number of methoxy groups -OCH3 is 1. The van der Waals surface area contributed by atoms with Gasteiger partial charge in [-0.3, -0.25) is 0 Å². The number of rotatable bonds is 6. The molecule has 7 nitrogen and oxygen atoms in total. The standard InChI is InChI=1S/C13H20N2O5S/c1-19-8-11(16)7-15-21(17,18)12-6-10(14)5-9-3-2-4-20-13(9)12/h5-6,11,15-16H,2-4,7-8,14H2,1H3. The summed E-state index contributed by atoms with van der Waals surface area (Å²) in [5, 5.41) is 9.54. The van der Waals surface area contributed by atoms with Crippen molar-refractivity contribution in [2.24, 2.45) is 0 Å². The lowest BCUT2D eigenvalue weighted by atomic mass is 10.1. The lowest BCUT2D eigenvalue weighted by molar-refractivity contribution is 0.0679. The van der Waals surface area contributed by atoms with Crippen LogP contribution >= 0.6 is 0 Å². The third-order valence-electron chi connectivity index (χ3n) is 3.15. The zero-order valence-corrected chi connectivity index (χ0v) is 12.6. The molecule has 1 aliphatic rings. The summed E-state index contributed by atoms with van der Waals surface area (Å²) in [6.45, 7) is 0.388. The fourth-order valence-corrected chi connectivity index (χ4v) is 3.50. The number of anilines is 1. The summed E-state index contributed by atoms with van der Waals surface area (Å²) in [4.78, 5) is 0.0156. The van der Waals surface area contributed by atoms with E-state index < -0.39 is 16.1 Å². The van der Waals surface area contributed by atoms with Gasteiger partial charge in [0, 0.05) is 19.3 Å². The first-order chi connectivity index (χ1) is 9.94. The molecule has 8 heteroatoms. The van der Waals surface area contributed by atoms with E-state index in [4.69, 9.17) is 15.2 Å². The Morgan fingerprint density at radius 1 is 1.52 bits per heavy atom. The minimum atomic E-state index is -3.81. The Balaban J connectivity index is 2.25. The summed E-state index contributed by atoms with van der Waals surface area (Å²) < 4.78 is 37.3. The molecule has 0 aromatic heterocycles. The van der Waals surface area contributed by atoms with Crippen molar-refractivity contribution in [2.75, 3.05) is 32.6 Å². The van der Waals surface area contributed by atoms with Crippen LogP contribution in [0.25, 0.3) is 0 Å². The summed E-state index contributed by atoms with van der Waals surface area (Å²) in [5.41, 5.74) is 6.93. The molecular weight excluding hydrogens is 296 g/mol. The van der Waals surface area contributed by atoms with E-state index >= 15 is 0 Å². The molecule has 0 spiro atoms. The SMILES string of the molecule is COCC(O)CNS(=O)(=O)c1cc(N)cc2c1OCCC2. The molecule has 1 aliphatic heterocycles. The van der Waals surface area contributed by atoms with Gasteiger partial charge in [0.05, 0.1) is 19.3 Å². The number of nitrogens with two attached hydrogens (primary N) is 1. The Morgan fingerprint density at radius 2 is 2.29 bits per heavy atom. The molecule has 0 aliphatic carbocycles. The first-order valence-corrected chi connectivity index (χ1v) is 8.14. The molecule has 21 heavy (non-hydrogen) atoms. The Bertz CT molecular complexity index is 603. The molecule has 1 aromatic carbocycles. The monoisotopic (exact) mass is 316 g/mol. The second kappa shape index (κ2) is 6.61. The molecule has 1 heterocycles. The van der Waals surface area contributed by atoms with Gasteiger partial charge in [-0.05, 0) is 30.5 Å². The van der Waals surface area contributed by atoms with Crippen molar-refractivity contribution in [3.8, 4) is 5.75 Å². The number of aliphatic hydroxyl groups excluding tert-OH is 1. The Labute approximate surface area is 124 Å². The summed E-state index contributed by atoms with van der Waals surface area (Å²) in [5.74, 6) is 0.351. The average molecular weight is 316 g/mol. The van der Waals surface area contributed by atoms with Crippen LogP contribution in [0.1, 0.15) is 12.0 Å². The molecule has 4 N–H and O–H groups in total. The fourth-order valence-electron chi connectivity index (χ4n) is 2.20. The smallest absolute Gasteiger partial charge is 0.244 e. The number of nitrogen functional groups attached to an aromatic ring is 1. The number of fused-ring (bicyclic) bond motifs is 1. The number of nitrogens with one attached hydrogen (secondary N) is 1. The van der Waals surface area contributed by atoms with Crippen molar-refractivity contribution in [2.45, 2.75) is 23.8 Å². The summed E-state index contributed by atoms with van der Waals surface area (Å²) in [6.07, 6.45) is 0.646. The van der Waals surface area contributed by atoms with E-state index in [2.05, 4.69) is 4.72 Å². The van der Waals surface area contributed by atoms with Crippen LogP contribution in [-0.4, -0.2) is 46.5 Å². The predicted octanol–water partition coefficient (Wildman–Crippen LogP) is -0.121. The van der Waals surface area contributed by atoms with Gasteiger partial charge in [0.15, 0.2) is 0 Å². The van der Waals surface area contributed by atoms with Crippen LogP contribution in [0.15, 0.2) is 17.0 Å². The van der Waals surface area contributed by atoms with Crippen LogP contribution in [-0.2, 0) is 21.2 Å². The molecule has 1 unspecified atom stereocenters. The number of sulfonamides is 1. The summed E-state index contributed by atoms with van der Waals surface area (Å²) >= 11 is 0. The van der Waals surface area contributed by atoms with Gasteiger partial charge >= 0.3 is 0 Å². The molecular formula is C13H20N2O5S. The topological polar surface area (TPSA) is 111 Å². The molecule has 0 saturated carbocycles. The molecule has 0 amide bonds. The van der Waals surface area contributed by atoms with Crippen LogP contribution in [0.5, 0.6) is 5.75 Å². The van der Waals surface area contributed by atoms with Crippen molar-refractivity contribution in [1.82, 2.24) is 4.72 Å². The van der Waals surface area contributed by atoms with Crippen molar-refractivity contribution in [3.63, 3.8) is 0 Å². The molecule has 2 rings (SSSR count). The quantitative estimate of drug-likeness (QED) is 0.631. The Hall–Kier alpha value is -1.35. The third-order valence-corrected chi connectivity index (χ3v) is 4.58. The summed E-state index contributed by atoms with van der Waals surface area (Å²) in [6, 6.07) is 3.10. The van der Waals surface area contributed by atoms with Gasteiger partial charge in [-0.1, -0.05) is 0 Å². The zero-order chi connectivity index (χ0) is 15.5. The highest BCUT2D eigenvalue weighted by Crippen LogP contribution is 2.34. The molecule has 0 bridgehead atoms. The second-order valence-electron chi connectivity index (χ2n) is 4.92. The van der Waals surface area contributed by atoms with E-state index in [1.165, 1.54) is 13.2 Å². The van der Waals surface area contributed by atoms with Crippen LogP contribution in [0, 0.1) is 0 Å². The molecule has 118 valence electrons. The first-order valence-electron chi connectivity index (χ1n) is 6.66. The molecule has 0 saturated heterocycles. The van der Waals surface area contributed by atoms with Crippen molar-refractivity contribution < 1.29 is 23.0 Å². The minimum absolute atomic E-state index is 0.0156. The van der Waals surface area contributed by atoms with Crippen LogP contribution in [0.4, 0.5) is 5.69 Å². The Morgan fingerprint density at radius 3 is 3.00 bits per heavy atom. The normalized spacial score (nSPS) is 16.1. The average Bonchev–Trinajstić information content (AvgIpc) is 2.44. The van der Waals surface area contributed by atoms with Gasteiger partial charge in [-0.2, -0.15) is 0 Å². The second-order valence-corrected chi connectivity index (χ2v) is 6.66. The van der Waals surface area contributed by atoms with Gasteiger partial charge in [0.2, 0.25) is 10.0 Å². The number of hydrogen-bond donors (Lipinski definition) is 3. The van der Waals surface area contributed by atoms with Crippen molar-refractivity contribution in [3.05, 3.63) is 17.7 Å². The molecule has 0 fully saturated rings. The van der Waals surface area contributed by atoms with Gasteiger partial charge in [-0.15, -0.1) is 0 Å². The van der Waals surface area contributed by atoms with Crippen LogP contribution < -0.4 is 15.2 Å². The van der Waals surface area contributed by atoms with E-state index in [0.29, 0.717) is 18.0 Å². The van der Waals surface area contributed by atoms with Gasteiger partial charge in [-0.25, -0.2) is 13.1 Å². The van der Waals surface area contributed by atoms with Crippen molar-refractivity contribution in [1.29, 1.82) is 0 Å². The van der Waals surface area contributed by atoms with Gasteiger partial charge in [0.1, 0.15) is 10.6 Å². The van der Waals surface area contributed by atoms with Gasteiger partial charge < -0.3 is 20.3 Å². The zero-order valence-electron chi connectivity index (χ0n) is 11.8. The maximum atomic E-state index is 12.4. The number of benzene rings is 1. The lowest BCUT2D eigenvalue weighted by Crippen LogP contribution is -2.34. The highest BCUT2D eigenvalue weighted by Gasteiger charge is 2.25. The maximum absolute atomic E-state index is 12.4. The molecule has 1 atom stereocenters. The number of ether oxygens (including phenoxy) is 2. The van der Waals surface area contributed by atoms with E-state index in [1.807, 2.05) is 0 Å². The number of aryl methyl sites for hydroxylation is 1. The number of aliphatic hydroxyl groups is 1. The van der Waals surface area contributed by atoms with E-state index in [-0.39, 0.29) is 18.0 Å². The van der Waals surface area contributed by atoms with E-state index in [9.17, 15) is 13.5 Å². The first kappa shape index (κ1) is 16.0. The molecule has 0 radical (unpaired) electrons. The maximum Gasteiger partial charge on any atom is 0.244 e. The van der Waals surface area contributed by atoms with E-state index in [0.717, 1.165) is 18.4 Å². The fraction of sp³-hybridized carbons (Fsp3) is 0.538. The van der Waals surface area contributed by atoms with Crippen LogP contribution in [0.2, 0.25) is 0 Å². The van der Waals surface area contributed by atoms with Crippen molar-refractivity contribution >= 4 is 15.7 Å². The van der Waals surface area contributed by atoms with E-state index in [1.54, 1.807) is 6.07 Å². The lowest BCUT2D eigenvalue weighted by Gasteiger charge is -2.21. The largest absolute Gasteiger partial charge is 0.492 e. The minimum Gasteiger partial charge on any atom is -0.492 e.